The standard InChI is InChI=1S/C20H23F2NO4/c1-4-25-16-9-7-15(8-10-16)19(24)23(3)13-14-6-11-17(27-20(21)22)18(12-14)26-5-2/h6-12,20H,4-5,13H2,1-3H3. The topological polar surface area (TPSA) is 48.0 Å². The Bertz CT molecular complexity index is 750. The first kappa shape index (κ1) is 20.5. The van der Waals surface area contributed by atoms with Crippen LogP contribution in [0.25, 0.3) is 0 Å². The monoisotopic (exact) mass is 379 g/mol. The lowest BCUT2D eigenvalue weighted by Crippen LogP contribution is -2.26. The lowest BCUT2D eigenvalue weighted by molar-refractivity contribution is -0.0514. The third-order valence-electron chi connectivity index (χ3n) is 3.70. The van der Waals surface area contributed by atoms with E-state index in [9.17, 15) is 13.6 Å². The lowest BCUT2D eigenvalue weighted by Gasteiger charge is -2.19. The summed E-state index contributed by atoms with van der Waals surface area (Å²) >= 11 is 0. The normalized spacial score (nSPS) is 10.6. The molecule has 7 heteroatoms. The van der Waals surface area contributed by atoms with Crippen LogP contribution in [0.4, 0.5) is 8.78 Å². The highest BCUT2D eigenvalue weighted by molar-refractivity contribution is 5.94. The smallest absolute Gasteiger partial charge is 0.387 e. The quantitative estimate of drug-likeness (QED) is 0.650. The van der Waals surface area contributed by atoms with Crippen LogP contribution >= 0.6 is 0 Å². The zero-order chi connectivity index (χ0) is 19.8. The number of rotatable bonds is 9. The van der Waals surface area contributed by atoms with Crippen LogP contribution in [0.15, 0.2) is 42.5 Å². The molecular formula is C20H23F2NO4. The van der Waals surface area contributed by atoms with E-state index in [1.807, 2.05) is 6.92 Å². The van der Waals surface area contributed by atoms with Gasteiger partial charge in [-0.3, -0.25) is 4.79 Å². The van der Waals surface area contributed by atoms with Crippen molar-refractivity contribution in [3.63, 3.8) is 0 Å². The molecule has 2 aromatic carbocycles. The zero-order valence-electron chi connectivity index (χ0n) is 15.6. The van der Waals surface area contributed by atoms with Gasteiger partial charge in [-0.25, -0.2) is 0 Å². The number of alkyl halides is 2. The van der Waals surface area contributed by atoms with Gasteiger partial charge in [0, 0.05) is 19.2 Å². The number of halogens is 2. The Morgan fingerprint density at radius 1 is 1.00 bits per heavy atom. The summed E-state index contributed by atoms with van der Waals surface area (Å²) in [5, 5.41) is 0. The summed E-state index contributed by atoms with van der Waals surface area (Å²) in [5.41, 5.74) is 1.27. The first-order valence-corrected chi connectivity index (χ1v) is 8.63. The Labute approximate surface area is 157 Å². The highest BCUT2D eigenvalue weighted by atomic mass is 19.3. The zero-order valence-corrected chi connectivity index (χ0v) is 15.6. The molecule has 2 rings (SSSR count). The van der Waals surface area contributed by atoms with Crippen LogP contribution < -0.4 is 14.2 Å². The van der Waals surface area contributed by atoms with Gasteiger partial charge in [-0.1, -0.05) is 6.07 Å². The molecule has 0 saturated carbocycles. The summed E-state index contributed by atoms with van der Waals surface area (Å²) in [5.74, 6) is 0.727. The van der Waals surface area contributed by atoms with Crippen molar-refractivity contribution in [1.29, 1.82) is 0 Å². The van der Waals surface area contributed by atoms with Crippen LogP contribution in [0.5, 0.6) is 17.2 Å². The van der Waals surface area contributed by atoms with Crippen molar-refractivity contribution in [2.75, 3.05) is 20.3 Å². The highest BCUT2D eigenvalue weighted by Gasteiger charge is 2.15. The van der Waals surface area contributed by atoms with Crippen molar-refractivity contribution in [1.82, 2.24) is 4.90 Å². The minimum atomic E-state index is -2.93. The van der Waals surface area contributed by atoms with Crippen LogP contribution in [0.2, 0.25) is 0 Å². The molecule has 0 radical (unpaired) electrons. The summed E-state index contributed by atoms with van der Waals surface area (Å²) in [4.78, 5) is 14.1. The average molecular weight is 379 g/mol. The van der Waals surface area contributed by atoms with E-state index in [4.69, 9.17) is 9.47 Å². The predicted molar refractivity (Wildman–Crippen MR) is 97.7 cm³/mol. The molecule has 0 aromatic heterocycles. The second-order valence-corrected chi connectivity index (χ2v) is 5.71. The average Bonchev–Trinajstić information content (AvgIpc) is 2.64. The van der Waals surface area contributed by atoms with Gasteiger partial charge in [0.25, 0.3) is 5.91 Å². The van der Waals surface area contributed by atoms with Crippen LogP contribution in [0, 0.1) is 0 Å². The van der Waals surface area contributed by atoms with E-state index >= 15 is 0 Å². The fourth-order valence-electron chi connectivity index (χ4n) is 2.54. The maximum atomic E-state index is 12.6. The Kier molecular flexibility index (Phi) is 7.40. The molecular weight excluding hydrogens is 356 g/mol. The summed E-state index contributed by atoms with van der Waals surface area (Å²) in [6.07, 6.45) is 0. The SMILES string of the molecule is CCOc1ccc(C(=O)N(C)Cc2ccc(OC(F)F)c(OCC)c2)cc1. The fraction of sp³-hybridized carbons (Fsp3) is 0.350. The number of carbonyl (C=O) groups is 1. The maximum absolute atomic E-state index is 12.6. The number of benzene rings is 2. The van der Waals surface area contributed by atoms with Crippen molar-refractivity contribution < 1.29 is 27.8 Å². The molecule has 0 aliphatic carbocycles. The van der Waals surface area contributed by atoms with E-state index in [1.54, 1.807) is 50.4 Å². The number of nitrogens with zero attached hydrogens (tertiary/aromatic N) is 1. The largest absolute Gasteiger partial charge is 0.494 e. The van der Waals surface area contributed by atoms with Crippen molar-refractivity contribution in [3.8, 4) is 17.2 Å². The van der Waals surface area contributed by atoms with E-state index in [0.29, 0.717) is 31.1 Å². The lowest BCUT2D eigenvalue weighted by atomic mass is 10.1. The number of amides is 1. The summed E-state index contributed by atoms with van der Waals surface area (Å²) in [6, 6.07) is 11.5. The summed E-state index contributed by atoms with van der Waals surface area (Å²) in [7, 11) is 1.67. The molecule has 0 aliphatic rings. The Morgan fingerprint density at radius 2 is 1.67 bits per heavy atom. The predicted octanol–water partition coefficient (Wildman–Crippen LogP) is 4.36. The number of hydrogen-bond donors (Lipinski definition) is 0. The molecule has 0 unspecified atom stereocenters. The Morgan fingerprint density at radius 3 is 2.26 bits per heavy atom. The van der Waals surface area contributed by atoms with Crippen LogP contribution in [-0.2, 0) is 6.54 Å². The van der Waals surface area contributed by atoms with E-state index in [1.165, 1.54) is 11.0 Å². The first-order valence-electron chi connectivity index (χ1n) is 8.63. The van der Waals surface area contributed by atoms with Crippen LogP contribution in [0.1, 0.15) is 29.8 Å². The van der Waals surface area contributed by atoms with Gasteiger partial charge in [0.2, 0.25) is 0 Å². The second kappa shape index (κ2) is 9.75. The molecule has 2 aromatic rings. The summed E-state index contributed by atoms with van der Waals surface area (Å²) in [6.45, 7) is 1.87. The molecule has 0 heterocycles. The molecule has 0 N–H and O–H groups in total. The number of carbonyl (C=O) groups excluding carboxylic acids is 1. The molecule has 0 fully saturated rings. The van der Waals surface area contributed by atoms with Crippen molar-refractivity contribution >= 4 is 5.91 Å². The Hall–Kier alpha value is -2.83. The molecule has 27 heavy (non-hydrogen) atoms. The highest BCUT2D eigenvalue weighted by Crippen LogP contribution is 2.30. The van der Waals surface area contributed by atoms with Crippen molar-refractivity contribution in [2.24, 2.45) is 0 Å². The molecule has 0 atom stereocenters. The van der Waals surface area contributed by atoms with Gasteiger partial charge in [-0.2, -0.15) is 8.78 Å². The molecule has 146 valence electrons. The first-order chi connectivity index (χ1) is 12.9. The maximum Gasteiger partial charge on any atom is 0.387 e. The third-order valence-corrected chi connectivity index (χ3v) is 3.70. The van der Waals surface area contributed by atoms with Gasteiger partial charge < -0.3 is 19.1 Å². The van der Waals surface area contributed by atoms with Crippen molar-refractivity contribution in [2.45, 2.75) is 27.0 Å². The van der Waals surface area contributed by atoms with Gasteiger partial charge in [0.15, 0.2) is 11.5 Å². The number of ether oxygens (including phenoxy) is 3. The van der Waals surface area contributed by atoms with Gasteiger partial charge in [0.05, 0.1) is 13.2 Å². The van der Waals surface area contributed by atoms with Crippen LogP contribution in [0.3, 0.4) is 0 Å². The van der Waals surface area contributed by atoms with Crippen LogP contribution in [-0.4, -0.2) is 37.7 Å². The van der Waals surface area contributed by atoms with E-state index in [-0.39, 0.29) is 17.4 Å². The molecule has 5 nitrogen and oxygen atoms in total. The van der Waals surface area contributed by atoms with Gasteiger partial charge in [-0.05, 0) is 55.8 Å². The third kappa shape index (κ3) is 5.84. The van der Waals surface area contributed by atoms with E-state index < -0.39 is 6.61 Å². The molecule has 0 bridgehead atoms. The Balaban J connectivity index is 2.10. The molecule has 0 spiro atoms. The van der Waals surface area contributed by atoms with Gasteiger partial charge >= 0.3 is 6.61 Å². The van der Waals surface area contributed by atoms with Gasteiger partial charge in [-0.15, -0.1) is 0 Å². The molecule has 0 saturated heterocycles. The minimum absolute atomic E-state index is 0.0314. The molecule has 1 amide bonds. The molecule has 0 aliphatic heterocycles. The minimum Gasteiger partial charge on any atom is -0.494 e. The number of hydrogen-bond acceptors (Lipinski definition) is 4. The van der Waals surface area contributed by atoms with Crippen molar-refractivity contribution in [3.05, 3.63) is 53.6 Å². The second-order valence-electron chi connectivity index (χ2n) is 5.71. The van der Waals surface area contributed by atoms with E-state index in [2.05, 4.69) is 4.74 Å². The fourth-order valence-corrected chi connectivity index (χ4v) is 2.54. The van der Waals surface area contributed by atoms with E-state index in [0.717, 1.165) is 5.56 Å². The summed E-state index contributed by atoms with van der Waals surface area (Å²) < 4.78 is 40.2. The van der Waals surface area contributed by atoms with Gasteiger partial charge in [0.1, 0.15) is 5.75 Å².